The van der Waals surface area contributed by atoms with Crippen molar-refractivity contribution in [3.8, 4) is 0 Å². The molecule has 32 valence electrons. The predicted octanol–water partition coefficient (Wildman–Crippen LogP) is -0.799. The molecule has 0 spiro atoms. The van der Waals surface area contributed by atoms with E-state index in [1.165, 1.54) is 22.3 Å². The van der Waals surface area contributed by atoms with Gasteiger partial charge < -0.3 is 0 Å². The Balaban J connectivity index is 3.05. The number of oxazole rings is 1. The number of nitrogens with zero attached hydrogens (tertiary/aromatic N) is 1. The van der Waals surface area contributed by atoms with E-state index in [0.29, 0.717) is 0 Å². The zero-order valence-corrected chi connectivity index (χ0v) is 5.51. The number of rotatable bonds is 0. The van der Waals surface area contributed by atoms with Gasteiger partial charge in [0, 0.05) is 0 Å². The number of hydrogen-bond donors (Lipinski definition) is 0. The zero-order chi connectivity index (χ0) is 4.41. The van der Waals surface area contributed by atoms with Gasteiger partial charge in [0.2, 0.25) is 0 Å². The Labute approximate surface area is 48.5 Å². The molecule has 0 atom stereocenters. The first-order chi connectivity index (χ1) is 2.89. The Kier molecular flexibility index (Phi) is 1.13. The molecule has 0 fully saturated rings. The van der Waals surface area contributed by atoms with Crippen LogP contribution in [0.25, 0.3) is 0 Å². The van der Waals surface area contributed by atoms with Gasteiger partial charge in [-0.15, -0.1) is 0 Å². The Morgan fingerprint density at radius 1 is 1.83 bits per heavy atom. The summed E-state index contributed by atoms with van der Waals surface area (Å²) < 4.78 is 5.51. The van der Waals surface area contributed by atoms with Gasteiger partial charge in [0.25, 0.3) is 0 Å². The molecule has 0 aliphatic rings. The summed E-state index contributed by atoms with van der Waals surface area (Å²) in [5.74, 6) is 0. The summed E-state index contributed by atoms with van der Waals surface area (Å²) in [6.07, 6.45) is 3.20. The maximum atomic E-state index is 4.74. The minimum atomic E-state index is 0.768. The monoisotopic (exact) mass is 199 g/mol. The quantitative estimate of drug-likeness (QED) is 0.508. The van der Waals surface area contributed by atoms with Gasteiger partial charge in [-0.3, -0.25) is 0 Å². The van der Waals surface area contributed by atoms with E-state index < -0.39 is 0 Å². The molecule has 0 aliphatic carbocycles. The molecule has 0 unspecified atom stereocenters. The molecule has 3 heteroatoms. The summed E-state index contributed by atoms with van der Waals surface area (Å²) in [6.45, 7) is 0. The molecule has 0 bridgehead atoms. The van der Waals surface area contributed by atoms with Gasteiger partial charge in [-0.25, -0.2) is 0 Å². The van der Waals surface area contributed by atoms with Gasteiger partial charge in [0.05, 0.1) is 0 Å². The van der Waals surface area contributed by atoms with E-state index in [1.54, 1.807) is 12.5 Å². The molecule has 0 aromatic carbocycles. The van der Waals surface area contributed by atoms with E-state index in [-0.39, 0.29) is 0 Å². The number of hydrogen-bond acceptors (Lipinski definition) is 2. The topological polar surface area (TPSA) is 26.0 Å². The Morgan fingerprint density at radius 2 is 2.67 bits per heavy atom. The first kappa shape index (κ1) is 4.17. The summed E-state index contributed by atoms with van der Waals surface area (Å²) in [7, 11) is 0. The Morgan fingerprint density at radius 3 is 2.83 bits per heavy atom. The second-order valence-electron chi connectivity index (χ2n) is 0.815. The molecule has 0 saturated carbocycles. The molecule has 2 nitrogen and oxygen atoms in total. The van der Waals surface area contributed by atoms with Gasteiger partial charge in [0.1, 0.15) is 0 Å². The van der Waals surface area contributed by atoms with Crippen molar-refractivity contribution in [2.24, 2.45) is 0 Å². The first-order valence-corrected chi connectivity index (χ1v) is 2.75. The summed E-state index contributed by atoms with van der Waals surface area (Å²) in [5.41, 5.74) is 0. The molecule has 0 N–H and O–H groups in total. The van der Waals surface area contributed by atoms with Gasteiger partial charge >= 0.3 is 48.1 Å². The minimum absolute atomic E-state index is 0.768. The zero-order valence-electron chi connectivity index (χ0n) is 2.96. The van der Waals surface area contributed by atoms with Crippen LogP contribution >= 0.6 is 0 Å². The van der Waals surface area contributed by atoms with Crippen molar-refractivity contribution in [3.63, 3.8) is 0 Å². The van der Waals surface area contributed by atoms with Crippen LogP contribution in [0.3, 0.4) is 0 Å². The Bertz CT molecular complexity index is 114. The summed E-state index contributed by atoms with van der Waals surface area (Å²) in [6, 6.07) is 0. The van der Waals surface area contributed by atoms with Gasteiger partial charge in [-0.05, 0) is 0 Å². The fourth-order valence-corrected chi connectivity index (χ4v) is 0.580. The van der Waals surface area contributed by atoms with E-state index in [9.17, 15) is 0 Å². The van der Waals surface area contributed by atoms with Crippen molar-refractivity contribution in [2.75, 3.05) is 0 Å². The molecule has 1 aromatic heterocycles. The van der Waals surface area contributed by atoms with Crippen molar-refractivity contribution in [1.29, 1.82) is 0 Å². The Hall–Kier alpha value is -0.000390. The molecule has 1 rings (SSSR count). The summed E-state index contributed by atoms with van der Waals surface area (Å²) in [4.78, 5) is 3.77. The second kappa shape index (κ2) is 1.63. The molecule has 1 aromatic rings. The third-order valence-corrected chi connectivity index (χ3v) is 1.05. The van der Waals surface area contributed by atoms with Gasteiger partial charge in [0.15, 0.2) is 0 Å². The van der Waals surface area contributed by atoms with Crippen LogP contribution in [-0.2, 0) is 0 Å². The molecule has 0 saturated heterocycles. The SMILES string of the molecule is [TeH]c1ncco1. The molecule has 0 aliphatic heterocycles. The number of aromatic nitrogens is 1. The van der Waals surface area contributed by atoms with Crippen LogP contribution in [0.1, 0.15) is 0 Å². The van der Waals surface area contributed by atoms with E-state index in [2.05, 4.69) is 4.98 Å². The van der Waals surface area contributed by atoms with Crippen LogP contribution in [-0.4, -0.2) is 27.3 Å². The van der Waals surface area contributed by atoms with Crippen LogP contribution < -0.4 is 3.94 Å². The molecule has 0 radical (unpaired) electrons. The van der Waals surface area contributed by atoms with E-state index in [0.717, 1.165) is 3.94 Å². The summed E-state index contributed by atoms with van der Waals surface area (Å²) in [5, 5.41) is 0. The second-order valence-corrected chi connectivity index (χ2v) is 1.91. The van der Waals surface area contributed by atoms with Crippen LogP contribution in [0.2, 0.25) is 0 Å². The normalized spacial score (nSPS) is 8.83. The van der Waals surface area contributed by atoms with E-state index in [1.807, 2.05) is 0 Å². The standard InChI is InChI=1S/C3H3NOTe/c6-3-4-1-2-5-3/h1-2H,(H,4,6). The molecular formula is C3H3NOTe. The van der Waals surface area contributed by atoms with Gasteiger partial charge in [-0.1, -0.05) is 0 Å². The summed E-state index contributed by atoms with van der Waals surface area (Å²) >= 11 is 1.49. The van der Waals surface area contributed by atoms with E-state index >= 15 is 0 Å². The fourth-order valence-electron chi connectivity index (χ4n) is 0.216. The van der Waals surface area contributed by atoms with Crippen LogP contribution in [0.5, 0.6) is 0 Å². The maximum absolute atomic E-state index is 4.74. The van der Waals surface area contributed by atoms with Crippen LogP contribution in [0, 0.1) is 0 Å². The molecular weight excluding hydrogens is 194 g/mol. The van der Waals surface area contributed by atoms with E-state index in [4.69, 9.17) is 4.42 Å². The van der Waals surface area contributed by atoms with Crippen molar-refractivity contribution in [1.82, 2.24) is 4.98 Å². The first-order valence-electron chi connectivity index (χ1n) is 1.48. The molecule has 6 heavy (non-hydrogen) atoms. The average Bonchev–Trinajstić information content (AvgIpc) is 1.86. The third kappa shape index (κ3) is 0.735. The average molecular weight is 197 g/mol. The molecule has 0 amide bonds. The van der Waals surface area contributed by atoms with Crippen molar-refractivity contribution < 1.29 is 4.42 Å². The van der Waals surface area contributed by atoms with Gasteiger partial charge in [-0.2, -0.15) is 0 Å². The van der Waals surface area contributed by atoms with Crippen LogP contribution in [0.15, 0.2) is 16.9 Å². The van der Waals surface area contributed by atoms with Crippen molar-refractivity contribution >= 4 is 26.2 Å². The predicted molar refractivity (Wildman–Crippen MR) is 23.3 cm³/mol. The molecule has 1 heterocycles. The third-order valence-electron chi connectivity index (χ3n) is 0.419. The fraction of sp³-hybridized carbons (Fsp3) is 0. The van der Waals surface area contributed by atoms with Crippen LogP contribution in [0.4, 0.5) is 0 Å². The van der Waals surface area contributed by atoms with Crippen molar-refractivity contribution in [2.45, 2.75) is 0 Å². The van der Waals surface area contributed by atoms with Crippen molar-refractivity contribution in [3.05, 3.63) is 12.5 Å².